The van der Waals surface area contributed by atoms with Gasteiger partial charge in [-0.2, -0.15) is 0 Å². The van der Waals surface area contributed by atoms with E-state index >= 15 is 0 Å². The lowest BCUT2D eigenvalue weighted by Gasteiger charge is -2.11. The molecule has 0 fully saturated rings. The monoisotopic (exact) mass is 928 g/mol. The summed E-state index contributed by atoms with van der Waals surface area (Å²) in [7, 11) is -7.96. The summed E-state index contributed by atoms with van der Waals surface area (Å²) < 4.78 is 55.1. The zero-order valence-corrected chi connectivity index (χ0v) is 34.8. The van der Waals surface area contributed by atoms with E-state index in [-0.39, 0.29) is 63.5 Å². The molecular weight excluding hydrogens is 902 g/mol. The molecule has 0 radical (unpaired) electrons. The third-order valence-corrected chi connectivity index (χ3v) is 11.4. The Labute approximate surface area is 362 Å². The minimum Gasteiger partial charge on any atom is -0.478 e. The minimum atomic E-state index is -3.98. The van der Waals surface area contributed by atoms with Crippen LogP contribution in [0.2, 0.25) is 20.1 Å². The molecule has 0 spiro atoms. The number of sulfonamides is 2. The molecule has 60 heavy (non-hydrogen) atoms. The fourth-order valence-corrected chi connectivity index (χ4v) is 8.59. The van der Waals surface area contributed by atoms with Crippen molar-refractivity contribution < 1.29 is 46.2 Å². The SMILES string of the molecule is O=C(O)c1ccc(NC(=O)c2cccc(NS(=O)(=O)c3cc(Cl)cc(Cl)c3)c2)cc1.O=C(O)c1ccc(NC(=O)c2cccc(NS(=O)(=O)c3cc(Cl)cc(Cl)c3)c2)cc1. The van der Waals surface area contributed by atoms with Crippen molar-refractivity contribution in [2.45, 2.75) is 9.79 Å². The third kappa shape index (κ3) is 12.4. The third-order valence-electron chi connectivity index (χ3n) is 7.83. The van der Waals surface area contributed by atoms with Crippen LogP contribution in [0.5, 0.6) is 0 Å². The van der Waals surface area contributed by atoms with Crippen LogP contribution in [0, 0.1) is 0 Å². The molecule has 0 atom stereocenters. The number of aromatic carboxylic acids is 2. The van der Waals surface area contributed by atoms with Crippen molar-refractivity contribution in [3.05, 3.63) is 176 Å². The van der Waals surface area contributed by atoms with Crippen molar-refractivity contribution >= 4 is 113 Å². The predicted molar refractivity (Wildman–Crippen MR) is 230 cm³/mol. The summed E-state index contributed by atoms with van der Waals surface area (Å²) in [4.78, 5) is 46.5. The van der Waals surface area contributed by atoms with Crippen molar-refractivity contribution in [3.8, 4) is 0 Å². The summed E-state index contributed by atoms with van der Waals surface area (Å²) in [5.41, 5.74) is 1.69. The zero-order valence-electron chi connectivity index (χ0n) is 30.2. The predicted octanol–water partition coefficient (Wildman–Crippen LogP) is 9.49. The van der Waals surface area contributed by atoms with Gasteiger partial charge in [-0.3, -0.25) is 19.0 Å². The molecule has 0 aliphatic heterocycles. The van der Waals surface area contributed by atoms with Crippen molar-refractivity contribution in [3.63, 3.8) is 0 Å². The van der Waals surface area contributed by atoms with Crippen LogP contribution in [0.25, 0.3) is 0 Å². The molecule has 0 heterocycles. The topological polar surface area (TPSA) is 225 Å². The zero-order chi connectivity index (χ0) is 43.8. The molecule has 0 saturated heterocycles. The van der Waals surface area contributed by atoms with E-state index < -0.39 is 43.8 Å². The van der Waals surface area contributed by atoms with Crippen LogP contribution in [0.15, 0.2) is 143 Å². The Balaban J connectivity index is 0.000000228. The molecule has 308 valence electrons. The molecule has 0 aromatic heterocycles. The maximum atomic E-state index is 12.6. The van der Waals surface area contributed by atoms with Gasteiger partial charge in [0.1, 0.15) is 0 Å². The van der Waals surface area contributed by atoms with E-state index in [1.807, 2.05) is 0 Å². The Hall–Kier alpha value is -6.14. The molecule has 6 N–H and O–H groups in total. The highest BCUT2D eigenvalue weighted by Gasteiger charge is 2.19. The number of nitrogens with one attached hydrogen (secondary N) is 4. The molecule has 2 amide bonds. The van der Waals surface area contributed by atoms with E-state index in [2.05, 4.69) is 20.1 Å². The van der Waals surface area contributed by atoms with Crippen LogP contribution in [0.4, 0.5) is 22.7 Å². The van der Waals surface area contributed by atoms with Gasteiger partial charge in [0.15, 0.2) is 0 Å². The number of carbonyl (C=O) groups is 4. The van der Waals surface area contributed by atoms with Gasteiger partial charge in [-0.1, -0.05) is 58.5 Å². The van der Waals surface area contributed by atoms with Gasteiger partial charge in [-0.15, -0.1) is 0 Å². The van der Waals surface area contributed by atoms with E-state index in [0.717, 1.165) is 0 Å². The highest BCUT2D eigenvalue weighted by atomic mass is 35.5. The van der Waals surface area contributed by atoms with Gasteiger partial charge < -0.3 is 20.8 Å². The Morgan fingerprint density at radius 2 is 0.717 bits per heavy atom. The number of hydrogen-bond acceptors (Lipinski definition) is 8. The number of rotatable bonds is 12. The van der Waals surface area contributed by atoms with E-state index in [9.17, 15) is 36.0 Å². The largest absolute Gasteiger partial charge is 0.478 e. The van der Waals surface area contributed by atoms with Crippen molar-refractivity contribution in [1.29, 1.82) is 0 Å². The molecule has 6 rings (SSSR count). The molecule has 0 bridgehead atoms. The molecule has 6 aromatic rings. The number of amides is 2. The van der Waals surface area contributed by atoms with Crippen molar-refractivity contribution in [2.75, 3.05) is 20.1 Å². The van der Waals surface area contributed by atoms with E-state index in [4.69, 9.17) is 56.6 Å². The second kappa shape index (κ2) is 19.3. The molecular formula is C40H28Cl4N4O10S2. The Bertz CT molecular complexity index is 2610. The van der Waals surface area contributed by atoms with Gasteiger partial charge in [-0.05, 0) is 121 Å². The number of benzene rings is 6. The van der Waals surface area contributed by atoms with Gasteiger partial charge in [0.2, 0.25) is 0 Å². The van der Waals surface area contributed by atoms with Crippen molar-refractivity contribution in [2.24, 2.45) is 0 Å². The van der Waals surface area contributed by atoms with E-state index in [1.165, 1.54) is 133 Å². The average Bonchev–Trinajstić information content (AvgIpc) is 3.18. The lowest BCUT2D eigenvalue weighted by molar-refractivity contribution is 0.0686. The van der Waals surface area contributed by atoms with Crippen LogP contribution in [-0.2, 0) is 20.0 Å². The molecule has 6 aromatic carbocycles. The molecule has 0 aliphatic rings. The smallest absolute Gasteiger partial charge is 0.335 e. The number of carboxylic acids is 2. The van der Waals surface area contributed by atoms with Crippen LogP contribution in [0.3, 0.4) is 0 Å². The summed E-state index contributed by atoms with van der Waals surface area (Å²) in [6, 6.07) is 30.9. The fourth-order valence-electron chi connectivity index (χ4n) is 5.04. The van der Waals surface area contributed by atoms with Crippen LogP contribution in [0.1, 0.15) is 41.4 Å². The highest BCUT2D eigenvalue weighted by molar-refractivity contribution is 7.93. The molecule has 20 heteroatoms. The number of carbonyl (C=O) groups excluding carboxylic acids is 2. The second-order valence-electron chi connectivity index (χ2n) is 12.3. The Kier molecular flexibility index (Phi) is 14.4. The number of anilines is 4. The first kappa shape index (κ1) is 45.0. The summed E-state index contributed by atoms with van der Waals surface area (Å²) in [5.74, 6) is -3.14. The summed E-state index contributed by atoms with van der Waals surface area (Å²) >= 11 is 23.5. The van der Waals surface area contributed by atoms with Crippen LogP contribution < -0.4 is 20.1 Å². The standard InChI is InChI=1S/2C20H14Cl2N2O5S/c2*21-14-9-15(22)11-18(10-14)30(28,29)24-17-3-1-2-13(8-17)19(25)23-16-6-4-12(5-7-16)20(26)27/h2*1-11,24H,(H,23,25)(H,26,27). The number of hydrogen-bond donors (Lipinski definition) is 6. The maximum absolute atomic E-state index is 12.6. The minimum absolute atomic E-state index is 0.0884. The quantitative estimate of drug-likeness (QED) is 0.0681. The number of halogens is 4. The van der Waals surface area contributed by atoms with E-state index in [1.54, 1.807) is 0 Å². The summed E-state index contributed by atoms with van der Waals surface area (Å²) in [6.45, 7) is 0. The summed E-state index contributed by atoms with van der Waals surface area (Å²) in [6.07, 6.45) is 0. The molecule has 0 saturated carbocycles. The normalized spacial score (nSPS) is 11.0. The molecule has 0 unspecified atom stereocenters. The van der Waals surface area contributed by atoms with Gasteiger partial charge in [0.25, 0.3) is 31.9 Å². The Morgan fingerprint density at radius 3 is 1.02 bits per heavy atom. The molecule has 14 nitrogen and oxygen atoms in total. The van der Waals surface area contributed by atoms with Crippen LogP contribution >= 0.6 is 46.4 Å². The van der Waals surface area contributed by atoms with Gasteiger partial charge in [0, 0.05) is 54.0 Å². The van der Waals surface area contributed by atoms with Gasteiger partial charge in [0.05, 0.1) is 20.9 Å². The van der Waals surface area contributed by atoms with E-state index in [0.29, 0.717) is 11.4 Å². The lowest BCUT2D eigenvalue weighted by atomic mass is 10.1. The average molecular weight is 931 g/mol. The lowest BCUT2D eigenvalue weighted by Crippen LogP contribution is -2.15. The first-order valence-corrected chi connectivity index (χ1v) is 21.2. The maximum Gasteiger partial charge on any atom is 0.335 e. The first-order valence-electron chi connectivity index (χ1n) is 16.8. The summed E-state index contributed by atoms with van der Waals surface area (Å²) in [5, 5.41) is 23.7. The Morgan fingerprint density at radius 1 is 0.400 bits per heavy atom. The van der Waals surface area contributed by atoms with Gasteiger partial charge >= 0.3 is 11.9 Å². The highest BCUT2D eigenvalue weighted by Crippen LogP contribution is 2.26. The number of carboxylic acid groups (broad SMARTS) is 2. The first-order chi connectivity index (χ1) is 28.3. The fraction of sp³-hybridized carbons (Fsp3) is 0. The van der Waals surface area contributed by atoms with Crippen LogP contribution in [-0.4, -0.2) is 50.8 Å². The van der Waals surface area contributed by atoms with Gasteiger partial charge in [-0.25, -0.2) is 26.4 Å². The second-order valence-corrected chi connectivity index (χ2v) is 17.4. The van der Waals surface area contributed by atoms with Crippen molar-refractivity contribution in [1.82, 2.24) is 0 Å². The molecule has 0 aliphatic carbocycles.